The van der Waals surface area contributed by atoms with E-state index in [0.717, 1.165) is 11.3 Å². The van der Waals surface area contributed by atoms with Crippen LogP contribution in [-0.2, 0) is 4.79 Å². The van der Waals surface area contributed by atoms with Crippen molar-refractivity contribution >= 4 is 5.97 Å². The maximum absolute atomic E-state index is 11.2. The monoisotopic (exact) mass is 265 g/mol. The summed E-state index contributed by atoms with van der Waals surface area (Å²) in [6.45, 7) is 7.59. The van der Waals surface area contributed by atoms with Crippen molar-refractivity contribution in [3.8, 4) is 5.75 Å². The number of rotatable bonds is 6. The van der Waals surface area contributed by atoms with Crippen molar-refractivity contribution in [3.05, 3.63) is 29.3 Å². The third-order valence-corrected chi connectivity index (χ3v) is 3.60. The topological polar surface area (TPSA) is 58.6 Å². The molecule has 0 spiro atoms. The van der Waals surface area contributed by atoms with Gasteiger partial charge in [0.2, 0.25) is 0 Å². The molecule has 2 N–H and O–H groups in total. The Morgan fingerprint density at radius 1 is 1.47 bits per heavy atom. The molecule has 19 heavy (non-hydrogen) atoms. The molecule has 0 aliphatic heterocycles. The summed E-state index contributed by atoms with van der Waals surface area (Å²) in [6.07, 6.45) is 0.209. The van der Waals surface area contributed by atoms with E-state index in [-0.39, 0.29) is 6.10 Å². The summed E-state index contributed by atoms with van der Waals surface area (Å²) >= 11 is 0. The summed E-state index contributed by atoms with van der Waals surface area (Å²) in [5.74, 6) is -0.0530. The molecule has 0 radical (unpaired) electrons. The van der Waals surface area contributed by atoms with Crippen LogP contribution in [-0.4, -0.2) is 29.8 Å². The van der Waals surface area contributed by atoms with Gasteiger partial charge in [0.25, 0.3) is 0 Å². The van der Waals surface area contributed by atoms with Crippen LogP contribution in [0.25, 0.3) is 0 Å². The molecule has 0 fully saturated rings. The van der Waals surface area contributed by atoms with Crippen molar-refractivity contribution < 1.29 is 14.6 Å². The van der Waals surface area contributed by atoms with E-state index in [1.165, 1.54) is 5.56 Å². The highest BCUT2D eigenvalue weighted by molar-refractivity contribution is 5.78. The molecule has 0 aliphatic rings. The maximum atomic E-state index is 11.2. The lowest BCUT2D eigenvalue weighted by Crippen LogP contribution is -2.50. The molecule has 2 unspecified atom stereocenters. The number of carboxylic acid groups (broad SMARTS) is 1. The summed E-state index contributed by atoms with van der Waals surface area (Å²) in [4.78, 5) is 11.2. The fourth-order valence-electron chi connectivity index (χ4n) is 1.98. The zero-order valence-corrected chi connectivity index (χ0v) is 12.3. The van der Waals surface area contributed by atoms with Crippen LogP contribution < -0.4 is 10.1 Å². The van der Waals surface area contributed by atoms with Gasteiger partial charge in [-0.3, -0.25) is 4.79 Å². The van der Waals surface area contributed by atoms with E-state index >= 15 is 0 Å². The normalized spacial score (nSPS) is 15.6. The average Bonchev–Trinajstić information content (AvgIpc) is 2.34. The van der Waals surface area contributed by atoms with Gasteiger partial charge in [-0.05, 0) is 51.9 Å². The molecule has 106 valence electrons. The zero-order chi connectivity index (χ0) is 14.6. The lowest BCUT2D eigenvalue weighted by atomic mass is 9.95. The summed E-state index contributed by atoms with van der Waals surface area (Å²) in [5, 5.41) is 12.1. The first-order valence-corrected chi connectivity index (χ1v) is 6.45. The summed E-state index contributed by atoms with van der Waals surface area (Å²) in [5.41, 5.74) is 1.28. The number of ether oxygens (including phenoxy) is 1. The van der Waals surface area contributed by atoms with Gasteiger partial charge in [-0.2, -0.15) is 0 Å². The van der Waals surface area contributed by atoms with Gasteiger partial charge >= 0.3 is 5.97 Å². The van der Waals surface area contributed by atoms with Gasteiger partial charge < -0.3 is 15.2 Å². The summed E-state index contributed by atoms with van der Waals surface area (Å²) < 4.78 is 5.87. The van der Waals surface area contributed by atoms with E-state index in [1.807, 2.05) is 39.0 Å². The first-order valence-electron chi connectivity index (χ1n) is 6.45. The number of likely N-dealkylation sites (N-methyl/N-ethyl adjacent to an activating group) is 1. The van der Waals surface area contributed by atoms with E-state index in [9.17, 15) is 9.90 Å². The van der Waals surface area contributed by atoms with Crippen molar-refractivity contribution in [2.75, 3.05) is 7.05 Å². The maximum Gasteiger partial charge on any atom is 0.323 e. The number of carbonyl (C=O) groups is 1. The largest absolute Gasteiger partial charge is 0.490 e. The van der Waals surface area contributed by atoms with Gasteiger partial charge in [-0.25, -0.2) is 0 Å². The number of carboxylic acids is 1. The Bertz CT molecular complexity index is 459. The standard InChI is InChI=1S/C15H23NO3/c1-10-7-6-8-13(12(10)3)19-11(2)9-15(4,16-5)14(17)18/h6-8,11,16H,9H2,1-5H3,(H,17,18). The highest BCUT2D eigenvalue weighted by Crippen LogP contribution is 2.24. The third-order valence-electron chi connectivity index (χ3n) is 3.60. The first-order chi connectivity index (χ1) is 8.80. The van der Waals surface area contributed by atoms with Crippen LogP contribution in [0.3, 0.4) is 0 Å². The van der Waals surface area contributed by atoms with Crippen LogP contribution in [0.15, 0.2) is 18.2 Å². The van der Waals surface area contributed by atoms with E-state index in [1.54, 1.807) is 14.0 Å². The summed E-state index contributed by atoms with van der Waals surface area (Å²) in [6, 6.07) is 5.89. The minimum Gasteiger partial charge on any atom is -0.490 e. The Labute approximate surface area is 114 Å². The smallest absolute Gasteiger partial charge is 0.323 e. The average molecular weight is 265 g/mol. The first kappa shape index (κ1) is 15.5. The second kappa shape index (κ2) is 6.06. The molecular formula is C15H23NO3. The number of benzene rings is 1. The second-order valence-corrected chi connectivity index (χ2v) is 5.22. The molecule has 0 aliphatic carbocycles. The second-order valence-electron chi connectivity index (χ2n) is 5.22. The van der Waals surface area contributed by atoms with Crippen molar-refractivity contribution in [2.24, 2.45) is 0 Å². The molecule has 1 aromatic carbocycles. The van der Waals surface area contributed by atoms with Gasteiger partial charge in [0.15, 0.2) is 0 Å². The van der Waals surface area contributed by atoms with Crippen LogP contribution in [0.5, 0.6) is 5.75 Å². The van der Waals surface area contributed by atoms with Gasteiger partial charge in [0, 0.05) is 6.42 Å². The Balaban J connectivity index is 2.78. The third kappa shape index (κ3) is 3.70. The predicted molar refractivity (Wildman–Crippen MR) is 75.7 cm³/mol. The quantitative estimate of drug-likeness (QED) is 0.830. The molecule has 4 nitrogen and oxygen atoms in total. The molecule has 1 aromatic rings. The number of nitrogens with one attached hydrogen (secondary N) is 1. The van der Waals surface area contributed by atoms with Gasteiger partial charge in [0.1, 0.15) is 11.3 Å². The molecule has 1 rings (SSSR count). The SMILES string of the molecule is CNC(C)(CC(C)Oc1cccc(C)c1C)C(=O)O. The molecule has 0 saturated carbocycles. The van der Waals surface area contributed by atoms with Crippen LogP contribution in [0.2, 0.25) is 0 Å². The predicted octanol–water partition coefficient (Wildman–Crippen LogP) is 2.52. The molecule has 0 bridgehead atoms. The van der Waals surface area contributed by atoms with Gasteiger partial charge in [-0.15, -0.1) is 0 Å². The fraction of sp³-hybridized carbons (Fsp3) is 0.533. The molecule has 0 heterocycles. The summed E-state index contributed by atoms with van der Waals surface area (Å²) in [7, 11) is 1.65. The minimum absolute atomic E-state index is 0.186. The van der Waals surface area contributed by atoms with E-state index in [2.05, 4.69) is 5.32 Å². The van der Waals surface area contributed by atoms with Crippen molar-refractivity contribution in [1.29, 1.82) is 0 Å². The Morgan fingerprint density at radius 3 is 2.63 bits per heavy atom. The molecule has 0 amide bonds. The van der Waals surface area contributed by atoms with Crippen LogP contribution in [0, 0.1) is 13.8 Å². The van der Waals surface area contributed by atoms with Crippen LogP contribution in [0.4, 0.5) is 0 Å². The lowest BCUT2D eigenvalue weighted by molar-refractivity contribution is -0.145. The van der Waals surface area contributed by atoms with Gasteiger partial charge in [0.05, 0.1) is 6.10 Å². The zero-order valence-electron chi connectivity index (χ0n) is 12.3. The Hall–Kier alpha value is -1.55. The number of hydrogen-bond acceptors (Lipinski definition) is 3. The molecule has 2 atom stereocenters. The van der Waals surface area contributed by atoms with E-state index in [0.29, 0.717) is 6.42 Å². The Kier molecular flexibility index (Phi) is 4.95. The molecule has 0 aromatic heterocycles. The molecular weight excluding hydrogens is 242 g/mol. The van der Waals surface area contributed by atoms with Gasteiger partial charge in [-0.1, -0.05) is 12.1 Å². The number of aliphatic carboxylic acids is 1. The minimum atomic E-state index is -0.975. The highest BCUT2D eigenvalue weighted by atomic mass is 16.5. The molecule has 4 heteroatoms. The fourth-order valence-corrected chi connectivity index (χ4v) is 1.98. The number of hydrogen-bond donors (Lipinski definition) is 2. The Morgan fingerprint density at radius 2 is 2.11 bits per heavy atom. The van der Waals surface area contributed by atoms with Crippen LogP contribution >= 0.6 is 0 Å². The van der Waals surface area contributed by atoms with Crippen LogP contribution in [0.1, 0.15) is 31.4 Å². The molecule has 0 saturated heterocycles. The lowest BCUT2D eigenvalue weighted by Gasteiger charge is -2.28. The van der Waals surface area contributed by atoms with Crippen molar-refractivity contribution in [3.63, 3.8) is 0 Å². The highest BCUT2D eigenvalue weighted by Gasteiger charge is 2.33. The number of aryl methyl sites for hydroxylation is 1. The van der Waals surface area contributed by atoms with E-state index < -0.39 is 11.5 Å². The van der Waals surface area contributed by atoms with E-state index in [4.69, 9.17) is 4.74 Å². The van der Waals surface area contributed by atoms with Crippen molar-refractivity contribution in [1.82, 2.24) is 5.32 Å². The van der Waals surface area contributed by atoms with Crippen molar-refractivity contribution in [2.45, 2.75) is 45.8 Å².